The van der Waals surface area contributed by atoms with Crippen molar-refractivity contribution < 1.29 is 13.7 Å². The van der Waals surface area contributed by atoms with Gasteiger partial charge in [0.25, 0.3) is 12.1 Å². The van der Waals surface area contributed by atoms with E-state index in [2.05, 4.69) is 187 Å². The summed E-state index contributed by atoms with van der Waals surface area (Å²) >= 11 is 1.89. The maximum absolute atomic E-state index is 2.63. The van der Waals surface area contributed by atoms with Gasteiger partial charge >= 0.3 is 0 Å². The first-order valence-electron chi connectivity index (χ1n) is 17.6. The van der Waals surface area contributed by atoms with Gasteiger partial charge in [-0.3, -0.25) is 0 Å². The molecule has 0 spiro atoms. The number of aryl methyl sites for hydroxylation is 4. The van der Waals surface area contributed by atoms with Gasteiger partial charge in [0.15, 0.2) is 17.6 Å². The highest BCUT2D eigenvalue weighted by atomic mass is 32.1. The average molecular weight is 667 g/mol. The van der Waals surface area contributed by atoms with Crippen molar-refractivity contribution in [1.82, 2.24) is 0 Å². The quantitative estimate of drug-likeness (QED) is 0.157. The number of nitrogens with zero attached hydrogens (tertiary/aromatic N) is 3. The third-order valence-electron chi connectivity index (χ3n) is 10.7. The Bertz CT molecular complexity index is 2600. The van der Waals surface area contributed by atoms with Gasteiger partial charge in [-0.2, -0.15) is 13.7 Å². The number of rotatable bonds is 6. The number of hydrogen-bond acceptors (Lipinski definition) is 1. The second-order valence-corrected chi connectivity index (χ2v) is 14.8. The van der Waals surface area contributed by atoms with Crippen molar-refractivity contribution in [2.24, 2.45) is 0 Å². The summed E-state index contributed by atoms with van der Waals surface area (Å²) in [7, 11) is 0. The molecule has 1 aliphatic heterocycles. The van der Waals surface area contributed by atoms with E-state index in [1.165, 1.54) is 82.0 Å². The second kappa shape index (κ2) is 12.2. The molecule has 5 heterocycles. The van der Waals surface area contributed by atoms with Gasteiger partial charge in [0, 0.05) is 81.5 Å². The highest BCUT2D eigenvalue weighted by Gasteiger charge is 2.51. The summed E-state index contributed by atoms with van der Waals surface area (Å²) in [4.78, 5) is 0. The third-order valence-corrected chi connectivity index (χ3v) is 11.9. The summed E-state index contributed by atoms with van der Waals surface area (Å²) in [6.45, 7) is 9.82. The van der Waals surface area contributed by atoms with Crippen LogP contribution in [0.4, 0.5) is 0 Å². The van der Waals surface area contributed by atoms with Crippen molar-refractivity contribution in [1.29, 1.82) is 0 Å². The smallest absolute Gasteiger partial charge is 0.191 e. The van der Waals surface area contributed by atoms with Crippen molar-refractivity contribution in [2.45, 2.75) is 46.3 Å². The molecule has 0 saturated carbocycles. The Balaban J connectivity index is 1.28. The van der Waals surface area contributed by atoms with Gasteiger partial charge < -0.3 is 0 Å². The topological polar surface area (TPSA) is 11.6 Å². The van der Waals surface area contributed by atoms with Crippen LogP contribution in [-0.4, -0.2) is 0 Å². The zero-order chi connectivity index (χ0) is 33.9. The molecule has 8 aromatic rings. The monoisotopic (exact) mass is 666 g/mol. The fraction of sp³-hybridized carbons (Fsp3) is 0.152. The number of thiophene rings is 1. The molecule has 4 aromatic heterocycles. The first-order chi connectivity index (χ1) is 24.5. The Hall–Kier alpha value is -5.45. The summed E-state index contributed by atoms with van der Waals surface area (Å²) in [5.74, 6) is 0. The predicted octanol–water partition coefficient (Wildman–Crippen LogP) is 10.00. The number of aromatic nitrogens is 3. The van der Waals surface area contributed by atoms with Gasteiger partial charge in [0.2, 0.25) is 23.6 Å². The molecule has 2 unspecified atom stereocenters. The zero-order valence-corrected chi connectivity index (χ0v) is 29.8. The molecule has 4 heteroatoms. The Kier molecular flexibility index (Phi) is 7.44. The van der Waals surface area contributed by atoms with Gasteiger partial charge in [-0.05, 0) is 73.5 Å². The van der Waals surface area contributed by atoms with E-state index >= 15 is 0 Å². The standard InChI is InChI=1S/C46H40N3S/c1-30-15-5-6-18-34(30)41-23-13-16-32(3)48(41)43(46-37-21-8-7-19-35(37)42-24-14-17-33(4)49(42)46)29-47-26-12-11-22-40(47)38-28-45-39(27-31(38)2)36-20-9-10-25-44(36)50-45/h5-28,43,46H,29H2,1-4H3/q+3. The summed E-state index contributed by atoms with van der Waals surface area (Å²) in [5.41, 5.74) is 14.1. The van der Waals surface area contributed by atoms with E-state index < -0.39 is 0 Å². The maximum Gasteiger partial charge on any atom is 0.282 e. The lowest BCUT2D eigenvalue weighted by molar-refractivity contribution is -0.842. The molecule has 4 aromatic carbocycles. The Morgan fingerprint density at radius 2 is 1.24 bits per heavy atom. The Morgan fingerprint density at radius 3 is 2.10 bits per heavy atom. The number of pyridine rings is 3. The Morgan fingerprint density at radius 1 is 0.540 bits per heavy atom. The summed E-state index contributed by atoms with van der Waals surface area (Å²) < 4.78 is 10.4. The van der Waals surface area contributed by atoms with E-state index in [0.717, 1.165) is 6.54 Å². The summed E-state index contributed by atoms with van der Waals surface area (Å²) in [6, 6.07) is 51.8. The lowest BCUT2D eigenvalue weighted by Crippen LogP contribution is -2.60. The highest BCUT2D eigenvalue weighted by molar-refractivity contribution is 7.25. The molecule has 3 nitrogen and oxygen atoms in total. The fourth-order valence-electron chi connectivity index (χ4n) is 8.43. The van der Waals surface area contributed by atoms with Crippen molar-refractivity contribution >= 4 is 31.5 Å². The summed E-state index contributed by atoms with van der Waals surface area (Å²) in [5, 5.41) is 2.69. The average Bonchev–Trinajstić information content (AvgIpc) is 3.67. The Labute approximate surface area is 298 Å². The van der Waals surface area contributed by atoms with Crippen LogP contribution in [0.1, 0.15) is 40.2 Å². The third kappa shape index (κ3) is 4.89. The van der Waals surface area contributed by atoms with Crippen LogP contribution in [-0.2, 0) is 6.54 Å². The van der Waals surface area contributed by atoms with Gasteiger partial charge in [-0.1, -0.05) is 54.6 Å². The van der Waals surface area contributed by atoms with E-state index in [-0.39, 0.29) is 12.1 Å². The molecule has 0 radical (unpaired) electrons. The molecule has 242 valence electrons. The molecule has 2 atom stereocenters. The maximum atomic E-state index is 2.63. The van der Waals surface area contributed by atoms with Crippen molar-refractivity contribution in [3.05, 3.63) is 174 Å². The molecule has 0 aliphatic carbocycles. The van der Waals surface area contributed by atoms with Crippen LogP contribution in [0.5, 0.6) is 0 Å². The lowest BCUT2D eigenvalue weighted by atomic mass is 9.94. The van der Waals surface area contributed by atoms with Crippen LogP contribution < -0.4 is 13.7 Å². The van der Waals surface area contributed by atoms with Crippen LogP contribution in [0.2, 0.25) is 0 Å². The van der Waals surface area contributed by atoms with Gasteiger partial charge in [0.05, 0.1) is 11.1 Å². The van der Waals surface area contributed by atoms with Crippen LogP contribution in [0.3, 0.4) is 0 Å². The molecule has 50 heavy (non-hydrogen) atoms. The molecule has 1 aliphatic rings. The van der Waals surface area contributed by atoms with E-state index in [4.69, 9.17) is 0 Å². The molecular weight excluding hydrogens is 627 g/mol. The minimum atomic E-state index is 0.0545. The lowest BCUT2D eigenvalue weighted by Gasteiger charge is -2.21. The van der Waals surface area contributed by atoms with Crippen molar-refractivity contribution in [3.8, 4) is 33.8 Å². The molecule has 0 bridgehead atoms. The van der Waals surface area contributed by atoms with Crippen molar-refractivity contribution in [3.63, 3.8) is 0 Å². The first-order valence-corrected chi connectivity index (χ1v) is 18.4. The molecule has 0 amide bonds. The molecule has 9 rings (SSSR count). The predicted molar refractivity (Wildman–Crippen MR) is 205 cm³/mol. The van der Waals surface area contributed by atoms with Crippen LogP contribution >= 0.6 is 11.3 Å². The normalized spacial score (nSPS) is 14.2. The van der Waals surface area contributed by atoms with E-state index in [1.54, 1.807) is 0 Å². The van der Waals surface area contributed by atoms with E-state index in [0.29, 0.717) is 0 Å². The van der Waals surface area contributed by atoms with Crippen molar-refractivity contribution in [2.75, 3.05) is 0 Å². The van der Waals surface area contributed by atoms with Gasteiger partial charge in [0.1, 0.15) is 0 Å². The largest absolute Gasteiger partial charge is 0.282 e. The number of hydrogen-bond donors (Lipinski definition) is 0. The van der Waals surface area contributed by atoms with Crippen LogP contribution in [0.25, 0.3) is 53.9 Å². The molecule has 0 fully saturated rings. The minimum absolute atomic E-state index is 0.0545. The number of fused-ring (bicyclic) bond motifs is 6. The summed E-state index contributed by atoms with van der Waals surface area (Å²) in [6.07, 6.45) is 2.29. The molecule has 0 N–H and O–H groups in total. The molecular formula is C46H40N3S+3. The minimum Gasteiger partial charge on any atom is -0.191 e. The highest BCUT2D eigenvalue weighted by Crippen LogP contribution is 2.40. The van der Waals surface area contributed by atoms with Crippen LogP contribution in [0.15, 0.2) is 146 Å². The van der Waals surface area contributed by atoms with E-state index in [9.17, 15) is 0 Å². The fourth-order valence-corrected chi connectivity index (χ4v) is 9.56. The zero-order valence-electron chi connectivity index (χ0n) is 29.0. The first kappa shape index (κ1) is 30.6. The SMILES string of the molecule is Cc1cc2c(cc1-c1cccc[n+]1CC(C1c3ccccc3-c3cccc(C)[n+]31)[n+]1c(C)cccc1-c1ccccc1C)sc1ccccc12. The van der Waals surface area contributed by atoms with Gasteiger partial charge in [-0.25, -0.2) is 0 Å². The van der Waals surface area contributed by atoms with E-state index in [1.807, 2.05) is 11.3 Å². The van der Waals surface area contributed by atoms with Gasteiger partial charge in [-0.15, -0.1) is 11.3 Å². The molecule has 0 saturated heterocycles. The van der Waals surface area contributed by atoms with Crippen LogP contribution in [0, 0.1) is 27.7 Å². The number of benzene rings is 4. The second-order valence-electron chi connectivity index (χ2n) is 13.8.